The van der Waals surface area contributed by atoms with Crippen LogP contribution in [0.25, 0.3) is 22.2 Å². The second-order valence-electron chi connectivity index (χ2n) is 9.44. The second-order valence-corrected chi connectivity index (χ2v) is 11.6. The molecule has 0 aliphatic carbocycles. The molecule has 42 heavy (non-hydrogen) atoms. The predicted octanol–water partition coefficient (Wildman–Crippen LogP) is 7.23. The molecule has 0 unspecified atom stereocenters. The van der Waals surface area contributed by atoms with E-state index in [2.05, 4.69) is 5.10 Å². The molecule has 0 aliphatic heterocycles. The minimum Gasteiger partial charge on any atom is -0.457 e. The fourth-order valence-corrected chi connectivity index (χ4v) is 5.31. The highest BCUT2D eigenvalue weighted by Gasteiger charge is 2.35. The van der Waals surface area contributed by atoms with Gasteiger partial charge in [0, 0.05) is 42.7 Å². The number of aromatic nitrogens is 2. The summed E-state index contributed by atoms with van der Waals surface area (Å²) in [7, 11) is -0.865. The molecule has 1 heterocycles. The molecule has 6 nitrogen and oxygen atoms in total. The summed E-state index contributed by atoms with van der Waals surface area (Å²) in [6.45, 7) is -0.633. The maximum atomic E-state index is 14.5. The minimum atomic E-state index is -4.76. The first kappa shape index (κ1) is 29.1. The van der Waals surface area contributed by atoms with Crippen LogP contribution in [0.1, 0.15) is 11.1 Å². The molecular formula is C29H21F6N3O3S. The second kappa shape index (κ2) is 10.8. The molecule has 0 N–H and O–H groups in total. The van der Waals surface area contributed by atoms with Crippen LogP contribution in [0, 0.1) is 17.5 Å². The Morgan fingerprint density at radius 2 is 1.50 bits per heavy atom. The molecule has 0 saturated heterocycles. The molecule has 13 heteroatoms. The van der Waals surface area contributed by atoms with E-state index in [1.54, 1.807) is 18.2 Å². The molecule has 0 saturated carbocycles. The molecule has 4 aromatic carbocycles. The van der Waals surface area contributed by atoms with Crippen molar-refractivity contribution in [2.75, 3.05) is 14.1 Å². The third kappa shape index (κ3) is 5.57. The fourth-order valence-electron chi connectivity index (χ4n) is 4.41. The molecular weight excluding hydrogens is 584 g/mol. The average molecular weight is 606 g/mol. The largest absolute Gasteiger partial charge is 0.457 e. The Hall–Kier alpha value is -4.36. The molecule has 0 spiro atoms. The summed E-state index contributed by atoms with van der Waals surface area (Å²) in [5.74, 6) is -3.06. The van der Waals surface area contributed by atoms with Crippen molar-refractivity contribution in [1.29, 1.82) is 0 Å². The van der Waals surface area contributed by atoms with Crippen LogP contribution in [0.5, 0.6) is 11.5 Å². The lowest BCUT2D eigenvalue weighted by atomic mass is 10.0. The fraction of sp³-hybridized carbons (Fsp3) is 0.138. The zero-order valence-electron chi connectivity index (χ0n) is 22.0. The smallest absolute Gasteiger partial charge is 0.418 e. The maximum Gasteiger partial charge on any atom is 0.418 e. The van der Waals surface area contributed by atoms with Gasteiger partial charge in [-0.3, -0.25) is 4.68 Å². The van der Waals surface area contributed by atoms with Gasteiger partial charge in [0.2, 0.25) is 10.0 Å². The predicted molar refractivity (Wildman–Crippen MR) is 143 cm³/mol. The van der Waals surface area contributed by atoms with Crippen LogP contribution in [0.3, 0.4) is 0 Å². The molecule has 0 bridgehead atoms. The lowest BCUT2D eigenvalue weighted by Crippen LogP contribution is -2.22. The van der Waals surface area contributed by atoms with Gasteiger partial charge in [-0.25, -0.2) is 25.9 Å². The zero-order valence-corrected chi connectivity index (χ0v) is 22.8. The molecule has 0 fully saturated rings. The van der Waals surface area contributed by atoms with Gasteiger partial charge < -0.3 is 4.74 Å². The zero-order chi connectivity index (χ0) is 30.4. The maximum absolute atomic E-state index is 14.5. The van der Waals surface area contributed by atoms with Crippen molar-refractivity contribution in [3.8, 4) is 22.8 Å². The van der Waals surface area contributed by atoms with Crippen molar-refractivity contribution in [3.05, 3.63) is 107 Å². The van der Waals surface area contributed by atoms with Gasteiger partial charge in [-0.2, -0.15) is 18.3 Å². The number of fused-ring (bicyclic) bond motifs is 1. The molecule has 0 aliphatic rings. The SMILES string of the molecule is CN(C)S(=O)(=O)c1ccc(Oc2cccc(-c3c4cccc(C(F)(F)F)c4nn3Cc3c(F)cc(F)cc3F)c2)cc1. The first-order valence-electron chi connectivity index (χ1n) is 12.3. The number of rotatable bonds is 7. The first-order chi connectivity index (χ1) is 19.8. The number of hydrogen-bond donors (Lipinski definition) is 0. The third-order valence-corrected chi connectivity index (χ3v) is 8.26. The van der Waals surface area contributed by atoms with E-state index in [4.69, 9.17) is 4.74 Å². The van der Waals surface area contributed by atoms with Gasteiger partial charge in [0.25, 0.3) is 0 Å². The highest BCUT2D eigenvalue weighted by molar-refractivity contribution is 7.89. The van der Waals surface area contributed by atoms with Crippen molar-refractivity contribution in [2.24, 2.45) is 0 Å². The van der Waals surface area contributed by atoms with E-state index in [1.807, 2.05) is 0 Å². The Labute approximate surface area is 236 Å². The number of benzene rings is 4. The highest BCUT2D eigenvalue weighted by atomic mass is 32.2. The Kier molecular flexibility index (Phi) is 7.50. The van der Waals surface area contributed by atoms with Gasteiger partial charge in [-0.05, 0) is 42.5 Å². The molecule has 0 radical (unpaired) electrons. The number of sulfonamides is 1. The monoisotopic (exact) mass is 605 g/mol. The summed E-state index contributed by atoms with van der Waals surface area (Å²) in [5, 5.41) is 4.14. The van der Waals surface area contributed by atoms with Crippen LogP contribution >= 0.6 is 0 Å². The van der Waals surface area contributed by atoms with Crippen LogP contribution < -0.4 is 4.74 Å². The molecule has 0 amide bonds. The number of hydrogen-bond acceptors (Lipinski definition) is 4. The minimum absolute atomic E-state index is 0.0460. The molecule has 218 valence electrons. The quantitative estimate of drug-likeness (QED) is 0.184. The summed E-state index contributed by atoms with van der Waals surface area (Å²) in [6, 6.07) is 16.2. The third-order valence-electron chi connectivity index (χ3n) is 6.43. The number of ether oxygens (including phenoxy) is 1. The normalized spacial score (nSPS) is 12.3. The number of nitrogens with zero attached hydrogens (tertiary/aromatic N) is 3. The Bertz CT molecular complexity index is 1880. The molecule has 1 aromatic heterocycles. The van der Waals surface area contributed by atoms with E-state index in [9.17, 15) is 34.8 Å². The summed E-state index contributed by atoms with van der Waals surface area (Å²) < 4.78 is 117. The van der Waals surface area contributed by atoms with Gasteiger partial charge in [-0.1, -0.05) is 24.3 Å². The van der Waals surface area contributed by atoms with Gasteiger partial charge in [-0.15, -0.1) is 0 Å². The number of alkyl halides is 3. The lowest BCUT2D eigenvalue weighted by molar-refractivity contribution is -0.136. The first-order valence-corrected chi connectivity index (χ1v) is 13.7. The van der Waals surface area contributed by atoms with E-state index < -0.39 is 56.8 Å². The summed E-state index contributed by atoms with van der Waals surface area (Å²) in [4.78, 5) is 0.0460. The number of halogens is 6. The van der Waals surface area contributed by atoms with Gasteiger partial charge >= 0.3 is 6.18 Å². The van der Waals surface area contributed by atoms with Crippen molar-refractivity contribution in [3.63, 3.8) is 0 Å². The van der Waals surface area contributed by atoms with Gasteiger partial charge in [0.15, 0.2) is 0 Å². The van der Waals surface area contributed by atoms with Crippen molar-refractivity contribution in [2.45, 2.75) is 17.6 Å². The van der Waals surface area contributed by atoms with Crippen molar-refractivity contribution < 1.29 is 39.5 Å². The summed E-state index contributed by atoms with van der Waals surface area (Å²) in [6.07, 6.45) is -4.76. The molecule has 5 aromatic rings. The van der Waals surface area contributed by atoms with Crippen LogP contribution in [-0.2, 0) is 22.7 Å². The van der Waals surface area contributed by atoms with E-state index in [0.29, 0.717) is 17.7 Å². The summed E-state index contributed by atoms with van der Waals surface area (Å²) in [5.41, 5.74) is -1.65. The van der Waals surface area contributed by atoms with E-state index in [0.717, 1.165) is 15.1 Å². The van der Waals surface area contributed by atoms with Gasteiger partial charge in [0.1, 0.15) is 34.5 Å². The van der Waals surface area contributed by atoms with Crippen LogP contribution in [0.2, 0.25) is 0 Å². The lowest BCUT2D eigenvalue weighted by Gasteiger charge is -2.13. The highest BCUT2D eigenvalue weighted by Crippen LogP contribution is 2.39. The van der Waals surface area contributed by atoms with Crippen molar-refractivity contribution >= 4 is 20.9 Å². The Morgan fingerprint density at radius 3 is 2.12 bits per heavy atom. The van der Waals surface area contributed by atoms with Gasteiger partial charge in [0.05, 0.1) is 22.7 Å². The van der Waals surface area contributed by atoms with Crippen LogP contribution in [0.4, 0.5) is 26.3 Å². The Morgan fingerprint density at radius 1 is 0.857 bits per heavy atom. The van der Waals surface area contributed by atoms with Crippen LogP contribution in [0.15, 0.2) is 83.8 Å². The van der Waals surface area contributed by atoms with Crippen LogP contribution in [-0.4, -0.2) is 36.6 Å². The van der Waals surface area contributed by atoms with E-state index in [1.165, 1.54) is 56.6 Å². The topological polar surface area (TPSA) is 64.4 Å². The van der Waals surface area contributed by atoms with Crippen molar-refractivity contribution in [1.82, 2.24) is 14.1 Å². The molecule has 0 atom stereocenters. The standard InChI is InChI=1S/C29H21F6N3O3S/c1-37(2)42(39,40)21-11-9-19(10-12-21)41-20-6-3-5-17(13-20)28-22-7-4-8-24(29(33,34)35)27(22)36-38(28)16-23-25(31)14-18(30)15-26(23)32/h3-15H,16H2,1-2H3. The van der Waals surface area contributed by atoms with E-state index in [-0.39, 0.29) is 27.5 Å². The summed E-state index contributed by atoms with van der Waals surface area (Å²) >= 11 is 0. The average Bonchev–Trinajstić information content (AvgIpc) is 3.28. The Balaban J connectivity index is 1.60. The van der Waals surface area contributed by atoms with E-state index >= 15 is 0 Å². The molecule has 5 rings (SSSR count).